The van der Waals surface area contributed by atoms with Crippen molar-refractivity contribution in [3.05, 3.63) is 0 Å². The van der Waals surface area contributed by atoms with Crippen molar-refractivity contribution in [3.8, 4) is 0 Å². The van der Waals surface area contributed by atoms with E-state index in [1.165, 1.54) is 25.7 Å². The molecule has 0 aromatic heterocycles. The third-order valence-electron chi connectivity index (χ3n) is 4.13. The van der Waals surface area contributed by atoms with Gasteiger partial charge in [-0.25, -0.2) is 0 Å². The highest BCUT2D eigenvalue weighted by molar-refractivity contribution is 5.81. The largest absolute Gasteiger partial charge is 0.355 e. The van der Waals surface area contributed by atoms with Gasteiger partial charge in [0.05, 0.1) is 6.04 Å². The minimum Gasteiger partial charge on any atom is -0.355 e. The Bertz CT molecular complexity index is 256. The van der Waals surface area contributed by atoms with Crippen molar-refractivity contribution in [1.29, 1.82) is 0 Å². The highest BCUT2D eigenvalue weighted by atomic mass is 16.2. The lowest BCUT2D eigenvalue weighted by atomic mass is 9.94. The summed E-state index contributed by atoms with van der Waals surface area (Å²) in [4.78, 5) is 14.4. The van der Waals surface area contributed by atoms with Crippen molar-refractivity contribution in [2.45, 2.75) is 58.4 Å². The summed E-state index contributed by atoms with van der Waals surface area (Å²) in [5, 5.41) is 3.06. The third kappa shape index (κ3) is 5.91. The lowest BCUT2D eigenvalue weighted by Crippen LogP contribution is -2.49. The van der Waals surface area contributed by atoms with Crippen molar-refractivity contribution in [3.63, 3.8) is 0 Å². The Kier molecular flexibility index (Phi) is 8.07. The van der Waals surface area contributed by atoms with Crippen LogP contribution in [-0.4, -0.2) is 43.0 Å². The van der Waals surface area contributed by atoms with Gasteiger partial charge in [0.1, 0.15) is 0 Å². The Morgan fingerprint density at radius 2 is 2.26 bits per heavy atom. The zero-order chi connectivity index (χ0) is 14.1. The van der Waals surface area contributed by atoms with Crippen LogP contribution >= 0.6 is 0 Å². The van der Waals surface area contributed by atoms with E-state index in [4.69, 9.17) is 5.73 Å². The van der Waals surface area contributed by atoms with E-state index in [0.29, 0.717) is 5.92 Å². The van der Waals surface area contributed by atoms with Gasteiger partial charge in [-0.15, -0.1) is 0 Å². The summed E-state index contributed by atoms with van der Waals surface area (Å²) in [6.07, 6.45) is 7.01. The van der Waals surface area contributed by atoms with Crippen LogP contribution in [0.1, 0.15) is 52.4 Å². The molecule has 0 aliphatic carbocycles. The number of hydrogen-bond donors (Lipinski definition) is 2. The minimum atomic E-state index is 0.00204. The first-order valence-electron chi connectivity index (χ1n) is 7.90. The second-order valence-corrected chi connectivity index (χ2v) is 5.75. The standard InChI is InChI=1S/C15H31N3O/c1-3-4-5-10-17-15(19)13(2)18-11-6-7-14(12-18)8-9-16/h13-14H,3-12,16H2,1-2H3,(H,17,19). The molecule has 0 radical (unpaired) electrons. The molecule has 3 N–H and O–H groups in total. The SMILES string of the molecule is CCCCCNC(=O)C(C)N1CCCC(CCN)C1. The summed E-state index contributed by atoms with van der Waals surface area (Å²) in [6, 6.07) is 0.00204. The molecule has 1 saturated heterocycles. The van der Waals surface area contributed by atoms with Gasteiger partial charge in [0.2, 0.25) is 5.91 Å². The fraction of sp³-hybridized carbons (Fsp3) is 0.933. The molecule has 1 aliphatic heterocycles. The smallest absolute Gasteiger partial charge is 0.237 e. The van der Waals surface area contributed by atoms with Crippen LogP contribution in [0.2, 0.25) is 0 Å². The molecule has 2 unspecified atom stereocenters. The van der Waals surface area contributed by atoms with Crippen molar-refractivity contribution < 1.29 is 4.79 Å². The molecule has 4 heteroatoms. The average Bonchev–Trinajstić information content (AvgIpc) is 2.43. The molecule has 4 nitrogen and oxygen atoms in total. The molecule has 1 heterocycles. The minimum absolute atomic E-state index is 0.00204. The van der Waals surface area contributed by atoms with E-state index in [-0.39, 0.29) is 11.9 Å². The second-order valence-electron chi connectivity index (χ2n) is 5.75. The molecule has 1 aliphatic rings. The molecular formula is C15H31N3O. The van der Waals surface area contributed by atoms with Crippen LogP contribution < -0.4 is 11.1 Å². The van der Waals surface area contributed by atoms with Crippen LogP contribution in [0.25, 0.3) is 0 Å². The summed E-state index contributed by atoms with van der Waals surface area (Å²) < 4.78 is 0. The van der Waals surface area contributed by atoms with E-state index in [0.717, 1.165) is 39.0 Å². The number of amides is 1. The Labute approximate surface area is 118 Å². The van der Waals surface area contributed by atoms with Gasteiger partial charge < -0.3 is 11.1 Å². The van der Waals surface area contributed by atoms with Crippen LogP contribution in [0.4, 0.5) is 0 Å². The van der Waals surface area contributed by atoms with E-state index in [9.17, 15) is 4.79 Å². The lowest BCUT2D eigenvalue weighted by Gasteiger charge is -2.36. The van der Waals surface area contributed by atoms with Crippen molar-refractivity contribution >= 4 is 5.91 Å². The molecule has 19 heavy (non-hydrogen) atoms. The number of hydrogen-bond acceptors (Lipinski definition) is 3. The van der Waals surface area contributed by atoms with Gasteiger partial charge in [0, 0.05) is 13.1 Å². The molecule has 2 atom stereocenters. The van der Waals surface area contributed by atoms with E-state index in [1.807, 2.05) is 6.92 Å². The van der Waals surface area contributed by atoms with E-state index in [2.05, 4.69) is 17.1 Å². The van der Waals surface area contributed by atoms with Gasteiger partial charge in [-0.3, -0.25) is 9.69 Å². The number of rotatable bonds is 8. The maximum absolute atomic E-state index is 12.1. The Morgan fingerprint density at radius 3 is 2.95 bits per heavy atom. The van der Waals surface area contributed by atoms with Gasteiger partial charge in [-0.1, -0.05) is 19.8 Å². The fourth-order valence-electron chi connectivity index (χ4n) is 2.82. The number of nitrogens with zero attached hydrogens (tertiary/aromatic N) is 1. The van der Waals surface area contributed by atoms with Gasteiger partial charge in [0.25, 0.3) is 0 Å². The van der Waals surface area contributed by atoms with Gasteiger partial charge in [-0.05, 0) is 51.6 Å². The van der Waals surface area contributed by atoms with Gasteiger partial charge >= 0.3 is 0 Å². The summed E-state index contributed by atoms with van der Waals surface area (Å²) in [6.45, 7) is 7.86. The van der Waals surface area contributed by atoms with Gasteiger partial charge in [0.15, 0.2) is 0 Å². The molecule has 0 saturated carbocycles. The first-order chi connectivity index (χ1) is 9.19. The quantitative estimate of drug-likeness (QED) is 0.660. The number of carbonyl (C=O) groups is 1. The fourth-order valence-corrected chi connectivity index (χ4v) is 2.82. The van der Waals surface area contributed by atoms with Crippen LogP contribution in [0.15, 0.2) is 0 Å². The predicted molar refractivity (Wildman–Crippen MR) is 80.0 cm³/mol. The number of piperidine rings is 1. The lowest BCUT2D eigenvalue weighted by molar-refractivity contribution is -0.126. The van der Waals surface area contributed by atoms with Crippen molar-refractivity contribution in [2.24, 2.45) is 11.7 Å². The van der Waals surface area contributed by atoms with Crippen molar-refractivity contribution in [1.82, 2.24) is 10.2 Å². The molecule has 0 bridgehead atoms. The molecule has 1 fully saturated rings. The van der Waals surface area contributed by atoms with Gasteiger partial charge in [-0.2, -0.15) is 0 Å². The first kappa shape index (κ1) is 16.4. The highest BCUT2D eigenvalue weighted by Gasteiger charge is 2.26. The van der Waals surface area contributed by atoms with E-state index >= 15 is 0 Å². The number of nitrogens with one attached hydrogen (secondary N) is 1. The first-order valence-corrected chi connectivity index (χ1v) is 7.90. The Hall–Kier alpha value is -0.610. The summed E-state index contributed by atoms with van der Waals surface area (Å²) in [5.41, 5.74) is 5.64. The summed E-state index contributed by atoms with van der Waals surface area (Å²) in [7, 11) is 0. The van der Waals surface area contributed by atoms with Crippen LogP contribution in [0.5, 0.6) is 0 Å². The second kappa shape index (κ2) is 9.32. The number of nitrogens with two attached hydrogens (primary N) is 1. The van der Waals surface area contributed by atoms with Crippen LogP contribution in [0.3, 0.4) is 0 Å². The topological polar surface area (TPSA) is 58.4 Å². The Balaban J connectivity index is 2.30. The van der Waals surface area contributed by atoms with E-state index in [1.54, 1.807) is 0 Å². The average molecular weight is 269 g/mol. The van der Waals surface area contributed by atoms with Crippen LogP contribution in [-0.2, 0) is 4.79 Å². The molecule has 0 aromatic rings. The molecule has 112 valence electrons. The number of likely N-dealkylation sites (tertiary alicyclic amines) is 1. The maximum atomic E-state index is 12.1. The number of carbonyl (C=O) groups excluding carboxylic acids is 1. The zero-order valence-corrected chi connectivity index (χ0v) is 12.7. The summed E-state index contributed by atoms with van der Waals surface area (Å²) in [5.74, 6) is 0.860. The van der Waals surface area contributed by atoms with Crippen LogP contribution in [0, 0.1) is 5.92 Å². The molecule has 0 spiro atoms. The highest BCUT2D eigenvalue weighted by Crippen LogP contribution is 2.20. The van der Waals surface area contributed by atoms with E-state index < -0.39 is 0 Å². The monoisotopic (exact) mass is 269 g/mol. The third-order valence-corrected chi connectivity index (χ3v) is 4.13. The summed E-state index contributed by atoms with van der Waals surface area (Å²) >= 11 is 0. The maximum Gasteiger partial charge on any atom is 0.237 e. The number of unbranched alkanes of at least 4 members (excludes halogenated alkanes) is 2. The zero-order valence-electron chi connectivity index (χ0n) is 12.7. The molecule has 1 amide bonds. The molecular weight excluding hydrogens is 238 g/mol. The molecule has 1 rings (SSSR count). The predicted octanol–water partition coefficient (Wildman–Crippen LogP) is 1.74. The van der Waals surface area contributed by atoms with Crippen molar-refractivity contribution in [2.75, 3.05) is 26.2 Å². The Morgan fingerprint density at radius 1 is 1.47 bits per heavy atom. The molecule has 0 aromatic carbocycles. The normalized spacial score (nSPS) is 22.2.